The monoisotopic (exact) mass is 409 g/mol. The summed E-state index contributed by atoms with van der Waals surface area (Å²) in [5.74, 6) is -0.939. The lowest BCUT2D eigenvalue weighted by atomic mass is 10.0. The largest absolute Gasteiger partial charge is 0.384 e. The molecule has 1 fully saturated rings. The SMILES string of the molecule is C[C@H](O)C(=O)N1CC(NC(=O)c2cnc(N)c3nc(-c4cccc(F)c4)ccc23)C1. The Kier molecular flexibility index (Phi) is 5.04. The summed E-state index contributed by atoms with van der Waals surface area (Å²) in [6.45, 7) is 2.07. The second kappa shape index (κ2) is 7.68. The Bertz CT molecular complexity index is 1140. The number of aliphatic hydroxyl groups excluding tert-OH is 1. The van der Waals surface area contributed by atoms with Crippen LogP contribution in [0.25, 0.3) is 22.2 Å². The number of aromatic nitrogens is 2. The lowest BCUT2D eigenvalue weighted by Gasteiger charge is -2.40. The molecule has 1 atom stereocenters. The van der Waals surface area contributed by atoms with Gasteiger partial charge in [0, 0.05) is 30.2 Å². The number of nitrogens with one attached hydrogen (secondary N) is 1. The molecule has 0 radical (unpaired) electrons. The maximum atomic E-state index is 13.5. The average molecular weight is 409 g/mol. The van der Waals surface area contributed by atoms with Crippen LogP contribution in [-0.2, 0) is 4.79 Å². The molecule has 9 heteroatoms. The molecule has 3 aromatic rings. The first kappa shape index (κ1) is 19.7. The van der Waals surface area contributed by atoms with Crippen molar-refractivity contribution in [3.63, 3.8) is 0 Å². The van der Waals surface area contributed by atoms with Gasteiger partial charge in [0.1, 0.15) is 23.3 Å². The number of halogens is 1. The van der Waals surface area contributed by atoms with Gasteiger partial charge in [-0.05, 0) is 31.2 Å². The van der Waals surface area contributed by atoms with E-state index in [1.54, 1.807) is 24.3 Å². The highest BCUT2D eigenvalue weighted by Crippen LogP contribution is 2.26. The molecule has 3 heterocycles. The van der Waals surface area contributed by atoms with Gasteiger partial charge in [-0.25, -0.2) is 14.4 Å². The topological polar surface area (TPSA) is 121 Å². The van der Waals surface area contributed by atoms with Crippen molar-refractivity contribution in [2.45, 2.75) is 19.1 Å². The maximum Gasteiger partial charge on any atom is 0.253 e. The summed E-state index contributed by atoms with van der Waals surface area (Å²) in [7, 11) is 0. The molecule has 0 aliphatic carbocycles. The van der Waals surface area contributed by atoms with E-state index in [1.807, 2.05) is 0 Å². The Labute approximate surface area is 171 Å². The van der Waals surface area contributed by atoms with Crippen molar-refractivity contribution in [2.75, 3.05) is 18.8 Å². The number of benzene rings is 1. The molecule has 1 aromatic carbocycles. The summed E-state index contributed by atoms with van der Waals surface area (Å²) in [6, 6.07) is 9.22. The average Bonchev–Trinajstić information content (AvgIpc) is 2.69. The van der Waals surface area contributed by atoms with Crippen LogP contribution < -0.4 is 11.1 Å². The summed E-state index contributed by atoms with van der Waals surface area (Å²) >= 11 is 0. The van der Waals surface area contributed by atoms with E-state index < -0.39 is 6.10 Å². The lowest BCUT2D eigenvalue weighted by molar-refractivity contribution is -0.144. The van der Waals surface area contributed by atoms with Gasteiger partial charge in [-0.1, -0.05) is 12.1 Å². The standard InChI is InChI=1S/C21H20FN5O3/c1-11(28)21(30)27-9-14(10-27)25-20(29)16-8-24-19(23)18-15(16)5-6-17(26-18)12-3-2-4-13(22)7-12/h2-8,11,14,28H,9-10H2,1H3,(H2,23,24)(H,25,29)/t11-/m0/s1. The van der Waals surface area contributed by atoms with Crippen LogP contribution in [-0.4, -0.2) is 57.0 Å². The van der Waals surface area contributed by atoms with Gasteiger partial charge in [0.15, 0.2) is 0 Å². The van der Waals surface area contributed by atoms with E-state index >= 15 is 0 Å². The minimum absolute atomic E-state index is 0.164. The molecule has 2 aromatic heterocycles. The molecule has 0 bridgehead atoms. The van der Waals surface area contributed by atoms with Crippen LogP contribution in [0.5, 0.6) is 0 Å². The zero-order valence-electron chi connectivity index (χ0n) is 16.2. The Hall–Kier alpha value is -3.59. The number of carbonyl (C=O) groups is 2. The number of pyridine rings is 2. The molecule has 4 rings (SSSR count). The van der Waals surface area contributed by atoms with Gasteiger partial charge in [0.25, 0.3) is 11.8 Å². The fraction of sp³-hybridized carbons (Fsp3) is 0.238. The van der Waals surface area contributed by atoms with Crippen LogP contribution >= 0.6 is 0 Å². The quantitative estimate of drug-likeness (QED) is 0.598. The van der Waals surface area contributed by atoms with E-state index in [-0.39, 0.29) is 29.5 Å². The van der Waals surface area contributed by atoms with Gasteiger partial charge in [-0.15, -0.1) is 0 Å². The van der Waals surface area contributed by atoms with Gasteiger partial charge >= 0.3 is 0 Å². The van der Waals surface area contributed by atoms with Crippen molar-refractivity contribution in [3.8, 4) is 11.3 Å². The first-order chi connectivity index (χ1) is 14.3. The van der Waals surface area contributed by atoms with E-state index in [1.165, 1.54) is 30.2 Å². The molecule has 0 saturated carbocycles. The van der Waals surface area contributed by atoms with E-state index in [2.05, 4.69) is 15.3 Å². The number of nitrogen functional groups attached to an aromatic ring is 1. The van der Waals surface area contributed by atoms with E-state index in [0.717, 1.165) is 0 Å². The third-order valence-corrected chi connectivity index (χ3v) is 5.01. The first-order valence-electron chi connectivity index (χ1n) is 9.42. The zero-order chi connectivity index (χ0) is 21.4. The molecular formula is C21H20FN5O3. The van der Waals surface area contributed by atoms with Gasteiger partial charge in [-0.3, -0.25) is 9.59 Å². The molecule has 0 unspecified atom stereocenters. The van der Waals surface area contributed by atoms with Gasteiger partial charge in [-0.2, -0.15) is 0 Å². The smallest absolute Gasteiger partial charge is 0.253 e. The third-order valence-electron chi connectivity index (χ3n) is 5.01. The second-order valence-electron chi connectivity index (χ2n) is 7.25. The Morgan fingerprint density at radius 1 is 1.30 bits per heavy atom. The number of hydrogen-bond donors (Lipinski definition) is 3. The predicted octanol–water partition coefficient (Wildman–Crippen LogP) is 1.34. The third kappa shape index (κ3) is 3.67. The van der Waals surface area contributed by atoms with E-state index in [0.29, 0.717) is 40.8 Å². The summed E-state index contributed by atoms with van der Waals surface area (Å²) in [6.07, 6.45) is 0.318. The van der Waals surface area contributed by atoms with Crippen molar-refractivity contribution in [1.82, 2.24) is 20.2 Å². The molecule has 1 aliphatic heterocycles. The number of rotatable bonds is 4. The highest BCUT2D eigenvalue weighted by atomic mass is 19.1. The number of amides is 2. The molecule has 0 spiro atoms. The van der Waals surface area contributed by atoms with Crippen molar-refractivity contribution >= 4 is 28.5 Å². The predicted molar refractivity (Wildman–Crippen MR) is 109 cm³/mol. The van der Waals surface area contributed by atoms with Crippen molar-refractivity contribution in [2.24, 2.45) is 0 Å². The van der Waals surface area contributed by atoms with E-state index in [9.17, 15) is 19.1 Å². The number of hydrogen-bond acceptors (Lipinski definition) is 6. The summed E-state index contributed by atoms with van der Waals surface area (Å²) in [5.41, 5.74) is 7.73. The number of nitrogens with two attached hydrogens (primary N) is 1. The number of likely N-dealkylation sites (tertiary alicyclic amines) is 1. The molecule has 2 amide bonds. The van der Waals surface area contributed by atoms with Crippen LogP contribution in [0.15, 0.2) is 42.6 Å². The molecule has 4 N–H and O–H groups in total. The fourth-order valence-corrected chi connectivity index (χ4v) is 3.40. The molecule has 30 heavy (non-hydrogen) atoms. The molecule has 1 aliphatic rings. The second-order valence-corrected chi connectivity index (χ2v) is 7.25. The number of carbonyl (C=O) groups excluding carboxylic acids is 2. The molecular weight excluding hydrogens is 389 g/mol. The molecule has 8 nitrogen and oxygen atoms in total. The Balaban J connectivity index is 1.57. The number of anilines is 1. The van der Waals surface area contributed by atoms with Crippen LogP contribution in [0.4, 0.5) is 10.2 Å². The Morgan fingerprint density at radius 2 is 2.07 bits per heavy atom. The van der Waals surface area contributed by atoms with Gasteiger partial charge in [0.05, 0.1) is 17.3 Å². The number of nitrogens with zero attached hydrogens (tertiary/aromatic N) is 3. The lowest BCUT2D eigenvalue weighted by Crippen LogP contribution is -2.62. The highest BCUT2D eigenvalue weighted by Gasteiger charge is 2.33. The van der Waals surface area contributed by atoms with Crippen LogP contribution in [0, 0.1) is 5.82 Å². The van der Waals surface area contributed by atoms with Gasteiger partial charge < -0.3 is 21.1 Å². The minimum atomic E-state index is -1.06. The summed E-state index contributed by atoms with van der Waals surface area (Å²) in [4.78, 5) is 34.5. The van der Waals surface area contributed by atoms with Crippen LogP contribution in [0.2, 0.25) is 0 Å². The van der Waals surface area contributed by atoms with Crippen LogP contribution in [0.1, 0.15) is 17.3 Å². The fourth-order valence-electron chi connectivity index (χ4n) is 3.40. The number of fused-ring (bicyclic) bond motifs is 1. The number of aliphatic hydroxyl groups is 1. The minimum Gasteiger partial charge on any atom is -0.384 e. The summed E-state index contributed by atoms with van der Waals surface area (Å²) < 4.78 is 13.5. The highest BCUT2D eigenvalue weighted by molar-refractivity contribution is 6.08. The van der Waals surface area contributed by atoms with E-state index in [4.69, 9.17) is 5.73 Å². The van der Waals surface area contributed by atoms with Crippen molar-refractivity contribution < 1.29 is 19.1 Å². The normalized spacial score (nSPS) is 15.0. The summed E-state index contributed by atoms with van der Waals surface area (Å²) in [5, 5.41) is 12.7. The van der Waals surface area contributed by atoms with Crippen molar-refractivity contribution in [3.05, 3.63) is 54.0 Å². The Morgan fingerprint density at radius 3 is 2.77 bits per heavy atom. The van der Waals surface area contributed by atoms with Gasteiger partial charge in [0.2, 0.25) is 0 Å². The first-order valence-corrected chi connectivity index (χ1v) is 9.42. The van der Waals surface area contributed by atoms with Crippen molar-refractivity contribution in [1.29, 1.82) is 0 Å². The molecule has 1 saturated heterocycles. The molecule has 154 valence electrons. The zero-order valence-corrected chi connectivity index (χ0v) is 16.2. The van der Waals surface area contributed by atoms with Crippen LogP contribution in [0.3, 0.4) is 0 Å². The maximum absolute atomic E-state index is 13.5.